The molecule has 1 atom stereocenters. The van der Waals surface area contributed by atoms with Crippen LogP contribution >= 0.6 is 15.9 Å². The topological polar surface area (TPSA) is 109 Å². The summed E-state index contributed by atoms with van der Waals surface area (Å²) in [6.07, 6.45) is -0.141. The number of hydrogen-bond donors (Lipinski definition) is 3. The zero-order valence-corrected chi connectivity index (χ0v) is 12.4. The molecule has 0 saturated heterocycles. The largest absolute Gasteiger partial charge is 0.480 e. The van der Waals surface area contributed by atoms with Gasteiger partial charge in [0.25, 0.3) is 5.91 Å². The van der Waals surface area contributed by atoms with Gasteiger partial charge in [-0.25, -0.2) is 4.79 Å². The van der Waals surface area contributed by atoms with Crippen LogP contribution in [0, 0.1) is 6.92 Å². The number of carboxylic acids is 1. The second-order valence-corrected chi connectivity index (χ2v) is 5.30. The number of halogens is 1. The first-order chi connectivity index (χ1) is 9.29. The van der Waals surface area contributed by atoms with Gasteiger partial charge in [-0.3, -0.25) is 9.59 Å². The van der Waals surface area contributed by atoms with Gasteiger partial charge in [0.15, 0.2) is 0 Å². The van der Waals surface area contributed by atoms with Crippen molar-refractivity contribution in [1.29, 1.82) is 0 Å². The molecule has 1 aromatic carbocycles. The van der Waals surface area contributed by atoms with Crippen molar-refractivity contribution in [2.24, 2.45) is 5.73 Å². The summed E-state index contributed by atoms with van der Waals surface area (Å²) in [4.78, 5) is 33.7. The van der Waals surface area contributed by atoms with Crippen molar-refractivity contribution in [1.82, 2.24) is 5.32 Å². The van der Waals surface area contributed by atoms with Crippen molar-refractivity contribution in [3.63, 3.8) is 0 Å². The van der Waals surface area contributed by atoms with Crippen molar-refractivity contribution < 1.29 is 19.5 Å². The van der Waals surface area contributed by atoms with E-state index in [0.29, 0.717) is 5.56 Å². The summed E-state index contributed by atoms with van der Waals surface area (Å²) >= 11 is 3.27. The predicted molar refractivity (Wildman–Crippen MR) is 76.2 cm³/mol. The minimum atomic E-state index is -1.20. The Bertz CT molecular complexity index is 525. The maximum Gasteiger partial charge on any atom is 0.326 e. The first kappa shape index (κ1) is 16.2. The normalized spacial score (nSPS) is 11.7. The highest BCUT2D eigenvalue weighted by atomic mass is 79.9. The molecule has 4 N–H and O–H groups in total. The highest BCUT2D eigenvalue weighted by Crippen LogP contribution is 2.15. The molecule has 1 rings (SSSR count). The van der Waals surface area contributed by atoms with Crippen LogP contribution in [0.5, 0.6) is 0 Å². The Balaban J connectivity index is 2.79. The van der Waals surface area contributed by atoms with Crippen LogP contribution in [0.2, 0.25) is 0 Å². The molecule has 2 amide bonds. The molecule has 108 valence electrons. The summed E-state index contributed by atoms with van der Waals surface area (Å²) in [5.74, 6) is -2.32. The van der Waals surface area contributed by atoms with Crippen LogP contribution in [-0.2, 0) is 9.59 Å². The number of nitrogens with one attached hydrogen (secondary N) is 1. The third-order valence-electron chi connectivity index (χ3n) is 2.59. The molecular weight excluding hydrogens is 328 g/mol. The number of benzene rings is 1. The van der Waals surface area contributed by atoms with Crippen LogP contribution in [0.15, 0.2) is 22.7 Å². The molecule has 0 radical (unpaired) electrons. The molecule has 0 aliphatic heterocycles. The van der Waals surface area contributed by atoms with E-state index in [1.54, 1.807) is 12.1 Å². The standard InChI is InChI=1S/C13H15BrN2O4/c1-7-4-8(6-9(14)5-7)12(18)16-10(13(19)20)2-3-11(15)17/h4-6,10H,2-3H2,1H3,(H2,15,17)(H,16,18)(H,19,20)/t10-/m1/s1. The summed E-state index contributed by atoms with van der Waals surface area (Å²) < 4.78 is 0.728. The number of nitrogens with two attached hydrogens (primary N) is 1. The van der Waals surface area contributed by atoms with Gasteiger partial charge in [0.2, 0.25) is 5.91 Å². The lowest BCUT2D eigenvalue weighted by atomic mass is 10.1. The molecule has 7 heteroatoms. The lowest BCUT2D eigenvalue weighted by Crippen LogP contribution is -2.41. The molecule has 1 aromatic rings. The van der Waals surface area contributed by atoms with Gasteiger partial charge in [-0.1, -0.05) is 15.9 Å². The second-order valence-electron chi connectivity index (χ2n) is 4.39. The van der Waals surface area contributed by atoms with E-state index in [4.69, 9.17) is 10.8 Å². The molecule has 0 spiro atoms. The van der Waals surface area contributed by atoms with Crippen molar-refractivity contribution in [2.75, 3.05) is 0 Å². The number of hydrogen-bond acceptors (Lipinski definition) is 3. The Morgan fingerprint density at radius 3 is 2.50 bits per heavy atom. The van der Waals surface area contributed by atoms with Crippen LogP contribution in [0.25, 0.3) is 0 Å². The van der Waals surface area contributed by atoms with E-state index < -0.39 is 23.8 Å². The average molecular weight is 343 g/mol. The fourth-order valence-electron chi connectivity index (χ4n) is 1.65. The number of carbonyl (C=O) groups is 3. The second kappa shape index (κ2) is 7.04. The number of aryl methyl sites for hydroxylation is 1. The SMILES string of the molecule is Cc1cc(Br)cc(C(=O)N[C@H](CCC(N)=O)C(=O)O)c1. The number of aliphatic carboxylic acids is 1. The Hall–Kier alpha value is -1.89. The summed E-state index contributed by atoms with van der Waals surface area (Å²) in [6.45, 7) is 1.82. The lowest BCUT2D eigenvalue weighted by molar-refractivity contribution is -0.139. The van der Waals surface area contributed by atoms with Gasteiger partial charge in [0, 0.05) is 16.5 Å². The maximum absolute atomic E-state index is 12.0. The van der Waals surface area contributed by atoms with Gasteiger partial charge < -0.3 is 16.2 Å². The van der Waals surface area contributed by atoms with E-state index >= 15 is 0 Å². The van der Waals surface area contributed by atoms with Crippen LogP contribution in [0.1, 0.15) is 28.8 Å². The monoisotopic (exact) mass is 342 g/mol. The summed E-state index contributed by atoms with van der Waals surface area (Å²) in [5, 5.41) is 11.4. The fourth-order valence-corrected chi connectivity index (χ4v) is 2.26. The van der Waals surface area contributed by atoms with Gasteiger partial charge in [0.05, 0.1) is 0 Å². The van der Waals surface area contributed by atoms with Gasteiger partial charge in [-0.05, 0) is 37.1 Å². The number of primary amides is 1. The molecule has 0 bridgehead atoms. The number of carbonyl (C=O) groups excluding carboxylic acids is 2. The van der Waals surface area contributed by atoms with Crippen molar-refractivity contribution in [3.8, 4) is 0 Å². The quantitative estimate of drug-likeness (QED) is 0.721. The predicted octanol–water partition coefficient (Wildman–Crippen LogP) is 1.21. The molecule has 20 heavy (non-hydrogen) atoms. The highest BCUT2D eigenvalue weighted by molar-refractivity contribution is 9.10. The van der Waals surface area contributed by atoms with Gasteiger partial charge in [-0.2, -0.15) is 0 Å². The Morgan fingerprint density at radius 1 is 1.35 bits per heavy atom. The third kappa shape index (κ3) is 5.00. The molecule has 6 nitrogen and oxygen atoms in total. The van der Waals surface area contributed by atoms with Crippen molar-refractivity contribution in [3.05, 3.63) is 33.8 Å². The Labute approximate surface area is 124 Å². The lowest BCUT2D eigenvalue weighted by Gasteiger charge is -2.14. The minimum absolute atomic E-state index is 0.0383. The first-order valence-electron chi connectivity index (χ1n) is 5.88. The van der Waals surface area contributed by atoms with Crippen LogP contribution in [0.3, 0.4) is 0 Å². The first-order valence-corrected chi connectivity index (χ1v) is 6.68. The average Bonchev–Trinajstić information content (AvgIpc) is 2.32. The molecule has 0 heterocycles. The van der Waals surface area contributed by atoms with Crippen LogP contribution in [-0.4, -0.2) is 28.9 Å². The smallest absolute Gasteiger partial charge is 0.326 e. The summed E-state index contributed by atoms with van der Waals surface area (Å²) in [5.41, 5.74) is 6.19. The molecular formula is C13H15BrN2O4. The van der Waals surface area contributed by atoms with Crippen LogP contribution in [0.4, 0.5) is 0 Å². The van der Waals surface area contributed by atoms with Gasteiger partial charge in [-0.15, -0.1) is 0 Å². The molecule has 0 unspecified atom stereocenters. The zero-order chi connectivity index (χ0) is 15.3. The van der Waals surface area contributed by atoms with Crippen molar-refractivity contribution in [2.45, 2.75) is 25.8 Å². The molecule has 0 aliphatic rings. The highest BCUT2D eigenvalue weighted by Gasteiger charge is 2.21. The van der Waals surface area contributed by atoms with E-state index in [-0.39, 0.29) is 12.8 Å². The molecule has 0 fully saturated rings. The fraction of sp³-hybridized carbons (Fsp3) is 0.308. The van der Waals surface area contributed by atoms with Gasteiger partial charge in [0.1, 0.15) is 6.04 Å². The Morgan fingerprint density at radius 2 is 2.00 bits per heavy atom. The van der Waals surface area contributed by atoms with E-state index in [1.807, 2.05) is 13.0 Å². The number of amides is 2. The molecule has 0 aromatic heterocycles. The van der Waals surface area contributed by atoms with Crippen LogP contribution < -0.4 is 11.1 Å². The maximum atomic E-state index is 12.0. The van der Waals surface area contributed by atoms with Crippen molar-refractivity contribution >= 4 is 33.7 Å². The van der Waals surface area contributed by atoms with E-state index in [1.165, 1.54) is 0 Å². The Kier molecular flexibility index (Phi) is 5.69. The van der Waals surface area contributed by atoms with Gasteiger partial charge >= 0.3 is 5.97 Å². The number of rotatable bonds is 6. The minimum Gasteiger partial charge on any atom is -0.480 e. The van der Waals surface area contributed by atoms with E-state index in [9.17, 15) is 14.4 Å². The number of carboxylic acid groups (broad SMARTS) is 1. The summed E-state index contributed by atoms with van der Waals surface area (Å²) in [7, 11) is 0. The summed E-state index contributed by atoms with van der Waals surface area (Å²) in [6, 6.07) is 3.93. The molecule has 0 saturated carbocycles. The van der Waals surface area contributed by atoms with E-state index in [0.717, 1.165) is 10.0 Å². The zero-order valence-electron chi connectivity index (χ0n) is 10.9. The third-order valence-corrected chi connectivity index (χ3v) is 3.04. The molecule has 0 aliphatic carbocycles. The van der Waals surface area contributed by atoms with E-state index in [2.05, 4.69) is 21.2 Å².